The Balaban J connectivity index is 1.53. The summed E-state index contributed by atoms with van der Waals surface area (Å²) in [7, 11) is 0. The van der Waals surface area contributed by atoms with Crippen molar-refractivity contribution in [1.82, 2.24) is 15.3 Å². The summed E-state index contributed by atoms with van der Waals surface area (Å²) in [6.07, 6.45) is 4.56. The highest BCUT2D eigenvalue weighted by Crippen LogP contribution is 2.05. The monoisotopic (exact) mass is 308 g/mol. The lowest BCUT2D eigenvalue weighted by Crippen LogP contribution is -2.23. The number of nitrogens with zero attached hydrogens (tertiary/aromatic N) is 2. The summed E-state index contributed by atoms with van der Waals surface area (Å²) in [5.41, 5.74) is 1.54. The van der Waals surface area contributed by atoms with Gasteiger partial charge in [0.25, 0.3) is 5.91 Å². The Morgan fingerprint density at radius 2 is 1.78 bits per heavy atom. The highest BCUT2D eigenvalue weighted by atomic mass is 16.3. The van der Waals surface area contributed by atoms with Gasteiger partial charge in [0.1, 0.15) is 5.76 Å². The molecular weight excluding hydrogens is 292 g/mol. The average molecular weight is 308 g/mol. The van der Waals surface area contributed by atoms with Crippen molar-refractivity contribution >= 4 is 11.9 Å². The van der Waals surface area contributed by atoms with Crippen molar-refractivity contribution in [1.29, 1.82) is 0 Å². The zero-order valence-corrected chi connectivity index (χ0v) is 12.4. The average Bonchev–Trinajstić information content (AvgIpc) is 3.13. The molecule has 3 rings (SSSR count). The van der Waals surface area contributed by atoms with E-state index in [-0.39, 0.29) is 5.91 Å². The largest absolute Gasteiger partial charge is 0.467 e. The Kier molecular flexibility index (Phi) is 4.63. The minimum atomic E-state index is -0.240. The minimum Gasteiger partial charge on any atom is -0.467 e. The maximum absolute atomic E-state index is 12.0. The first-order chi connectivity index (χ1) is 11.3. The summed E-state index contributed by atoms with van der Waals surface area (Å²) < 4.78 is 5.16. The third-order valence-electron chi connectivity index (χ3n) is 3.21. The third-order valence-corrected chi connectivity index (χ3v) is 3.21. The lowest BCUT2D eigenvalue weighted by atomic mass is 10.2. The standard InChI is InChI=1S/C17H16N4O2/c22-16(18-12-15-7-4-8-23-15)14-10-20-17(21-11-14)19-9-13-5-2-1-3-6-13/h1-8,10-11H,9,12H2,(H,18,22)(H,19,20,21). The highest BCUT2D eigenvalue weighted by molar-refractivity contribution is 5.93. The summed E-state index contributed by atoms with van der Waals surface area (Å²) in [6.45, 7) is 0.963. The molecule has 0 spiro atoms. The second kappa shape index (κ2) is 7.22. The number of nitrogens with one attached hydrogen (secondary N) is 2. The molecule has 6 heteroatoms. The molecule has 0 aliphatic carbocycles. The van der Waals surface area contributed by atoms with Crippen LogP contribution in [0.3, 0.4) is 0 Å². The number of furan rings is 1. The zero-order chi connectivity index (χ0) is 15.9. The van der Waals surface area contributed by atoms with Crippen LogP contribution >= 0.6 is 0 Å². The third kappa shape index (κ3) is 4.16. The maximum atomic E-state index is 12.0. The van der Waals surface area contributed by atoms with Crippen molar-refractivity contribution in [3.05, 3.63) is 78.0 Å². The van der Waals surface area contributed by atoms with E-state index in [1.165, 1.54) is 12.4 Å². The molecule has 0 radical (unpaired) electrons. The first-order valence-electron chi connectivity index (χ1n) is 7.22. The van der Waals surface area contributed by atoms with Crippen molar-refractivity contribution < 1.29 is 9.21 Å². The number of carbonyl (C=O) groups excluding carboxylic acids is 1. The molecule has 2 heterocycles. The Hall–Kier alpha value is -3.15. The van der Waals surface area contributed by atoms with Gasteiger partial charge in [-0.25, -0.2) is 9.97 Å². The first-order valence-corrected chi connectivity index (χ1v) is 7.22. The van der Waals surface area contributed by atoms with E-state index in [4.69, 9.17) is 4.42 Å². The van der Waals surface area contributed by atoms with Crippen LogP contribution in [0, 0.1) is 0 Å². The number of rotatable bonds is 6. The molecule has 0 unspecified atom stereocenters. The highest BCUT2D eigenvalue weighted by Gasteiger charge is 2.07. The number of hydrogen-bond acceptors (Lipinski definition) is 5. The van der Waals surface area contributed by atoms with Gasteiger partial charge in [-0.15, -0.1) is 0 Å². The number of anilines is 1. The summed E-state index contributed by atoms with van der Waals surface area (Å²) in [5, 5.41) is 5.86. The van der Waals surface area contributed by atoms with Crippen molar-refractivity contribution in [3.8, 4) is 0 Å². The molecule has 0 fully saturated rings. The Labute approximate surface area is 133 Å². The molecule has 0 saturated heterocycles. The normalized spacial score (nSPS) is 10.3. The molecule has 23 heavy (non-hydrogen) atoms. The van der Waals surface area contributed by atoms with E-state index in [1.54, 1.807) is 18.4 Å². The fourth-order valence-corrected chi connectivity index (χ4v) is 2.00. The SMILES string of the molecule is O=C(NCc1ccco1)c1cnc(NCc2ccccc2)nc1. The van der Waals surface area contributed by atoms with Crippen LogP contribution in [-0.4, -0.2) is 15.9 Å². The van der Waals surface area contributed by atoms with Gasteiger partial charge in [0.15, 0.2) is 0 Å². The second-order valence-electron chi connectivity index (χ2n) is 4.90. The fraction of sp³-hybridized carbons (Fsp3) is 0.118. The molecule has 116 valence electrons. The summed E-state index contributed by atoms with van der Waals surface area (Å²) >= 11 is 0. The molecule has 1 amide bonds. The summed E-state index contributed by atoms with van der Waals surface area (Å²) in [6, 6.07) is 13.5. The van der Waals surface area contributed by atoms with Crippen LogP contribution < -0.4 is 10.6 Å². The molecule has 3 aromatic rings. The van der Waals surface area contributed by atoms with Crippen LogP contribution in [0.25, 0.3) is 0 Å². The van der Waals surface area contributed by atoms with E-state index in [0.717, 1.165) is 5.56 Å². The van der Waals surface area contributed by atoms with Gasteiger partial charge < -0.3 is 15.1 Å². The van der Waals surface area contributed by atoms with E-state index in [9.17, 15) is 4.79 Å². The van der Waals surface area contributed by atoms with Crippen molar-refractivity contribution in [3.63, 3.8) is 0 Å². The molecular formula is C17H16N4O2. The van der Waals surface area contributed by atoms with Crippen molar-refractivity contribution in [2.45, 2.75) is 13.1 Å². The Bertz CT molecular complexity index is 740. The van der Waals surface area contributed by atoms with Crippen LogP contribution in [0.15, 0.2) is 65.5 Å². The number of amides is 1. The first kappa shape index (κ1) is 14.8. The molecule has 6 nitrogen and oxygen atoms in total. The predicted octanol–water partition coefficient (Wildman–Crippen LogP) is 2.61. The molecule has 0 aliphatic heterocycles. The number of hydrogen-bond donors (Lipinski definition) is 2. The van der Waals surface area contributed by atoms with E-state index < -0.39 is 0 Å². The molecule has 2 N–H and O–H groups in total. The Morgan fingerprint density at radius 3 is 2.48 bits per heavy atom. The lowest BCUT2D eigenvalue weighted by Gasteiger charge is -2.06. The van der Waals surface area contributed by atoms with Crippen molar-refractivity contribution in [2.75, 3.05) is 5.32 Å². The minimum absolute atomic E-state index is 0.240. The summed E-state index contributed by atoms with van der Waals surface area (Å²) in [5.74, 6) is 0.938. The maximum Gasteiger partial charge on any atom is 0.254 e. The topological polar surface area (TPSA) is 80.0 Å². The molecule has 0 atom stereocenters. The summed E-state index contributed by atoms with van der Waals surface area (Å²) in [4.78, 5) is 20.3. The van der Waals surface area contributed by atoms with Crippen LogP contribution in [0.1, 0.15) is 21.7 Å². The van der Waals surface area contributed by atoms with Crippen LogP contribution in [0.4, 0.5) is 5.95 Å². The van der Waals surface area contributed by atoms with Gasteiger partial charge >= 0.3 is 0 Å². The quantitative estimate of drug-likeness (QED) is 0.731. The molecule has 1 aromatic carbocycles. The predicted molar refractivity (Wildman–Crippen MR) is 85.7 cm³/mol. The molecule has 0 bridgehead atoms. The number of aromatic nitrogens is 2. The van der Waals surface area contributed by atoms with Crippen LogP contribution in [-0.2, 0) is 13.1 Å². The van der Waals surface area contributed by atoms with Crippen LogP contribution in [0.5, 0.6) is 0 Å². The van der Waals surface area contributed by atoms with Gasteiger partial charge in [-0.3, -0.25) is 4.79 Å². The van der Waals surface area contributed by atoms with Gasteiger partial charge in [-0.2, -0.15) is 0 Å². The molecule has 0 saturated carbocycles. The fourth-order valence-electron chi connectivity index (χ4n) is 2.00. The molecule has 0 aliphatic rings. The number of benzene rings is 1. The second-order valence-corrected chi connectivity index (χ2v) is 4.90. The van der Waals surface area contributed by atoms with E-state index >= 15 is 0 Å². The molecule has 2 aromatic heterocycles. The van der Waals surface area contributed by atoms with E-state index in [1.807, 2.05) is 30.3 Å². The smallest absolute Gasteiger partial charge is 0.254 e. The van der Waals surface area contributed by atoms with Crippen LogP contribution in [0.2, 0.25) is 0 Å². The van der Waals surface area contributed by atoms with Gasteiger partial charge in [0.05, 0.1) is 18.4 Å². The van der Waals surface area contributed by atoms with E-state index in [2.05, 4.69) is 20.6 Å². The Morgan fingerprint density at radius 1 is 1.00 bits per heavy atom. The van der Waals surface area contributed by atoms with Gasteiger partial charge in [0, 0.05) is 18.9 Å². The zero-order valence-electron chi connectivity index (χ0n) is 12.4. The lowest BCUT2D eigenvalue weighted by molar-refractivity contribution is 0.0947. The van der Waals surface area contributed by atoms with Gasteiger partial charge in [-0.05, 0) is 17.7 Å². The van der Waals surface area contributed by atoms with Gasteiger partial charge in [-0.1, -0.05) is 30.3 Å². The van der Waals surface area contributed by atoms with E-state index in [0.29, 0.717) is 30.4 Å². The van der Waals surface area contributed by atoms with Gasteiger partial charge in [0.2, 0.25) is 5.95 Å². The number of carbonyl (C=O) groups is 1. The van der Waals surface area contributed by atoms with Crippen molar-refractivity contribution in [2.24, 2.45) is 0 Å².